The second-order valence-corrected chi connectivity index (χ2v) is 4.46. The molecular weight excluding hydrogens is 282 g/mol. The van der Waals surface area contributed by atoms with Gasteiger partial charge < -0.3 is 15.0 Å². The molecule has 1 aromatic heterocycles. The van der Waals surface area contributed by atoms with Crippen LogP contribution in [0.25, 0.3) is 0 Å². The van der Waals surface area contributed by atoms with Crippen LogP contribution in [0.2, 0.25) is 0 Å². The second kappa shape index (κ2) is 5.84. The Balaban J connectivity index is 1.85. The minimum Gasteiger partial charge on any atom is -0.492 e. The van der Waals surface area contributed by atoms with Gasteiger partial charge in [-0.05, 0) is 24.3 Å². The van der Waals surface area contributed by atoms with Crippen molar-refractivity contribution in [1.29, 1.82) is 0 Å². The SMILES string of the molecule is NCc1nccn1CCOc1ccc(Br)cc1. The molecule has 5 heteroatoms. The van der Waals surface area contributed by atoms with E-state index >= 15 is 0 Å². The van der Waals surface area contributed by atoms with Crippen LogP contribution in [0.15, 0.2) is 41.1 Å². The minimum atomic E-state index is 0.450. The van der Waals surface area contributed by atoms with E-state index in [2.05, 4.69) is 20.9 Å². The third kappa shape index (κ3) is 3.31. The molecule has 0 fully saturated rings. The van der Waals surface area contributed by atoms with Gasteiger partial charge in [-0.25, -0.2) is 4.98 Å². The second-order valence-electron chi connectivity index (χ2n) is 3.54. The predicted molar refractivity (Wildman–Crippen MR) is 69.8 cm³/mol. The van der Waals surface area contributed by atoms with Crippen LogP contribution >= 0.6 is 15.9 Å². The zero-order valence-corrected chi connectivity index (χ0v) is 10.9. The Morgan fingerprint density at radius 2 is 2.06 bits per heavy atom. The van der Waals surface area contributed by atoms with Crippen LogP contribution in [0.3, 0.4) is 0 Å². The van der Waals surface area contributed by atoms with Crippen LogP contribution in [0.5, 0.6) is 5.75 Å². The largest absolute Gasteiger partial charge is 0.492 e. The Kier molecular flexibility index (Phi) is 4.17. The zero-order valence-electron chi connectivity index (χ0n) is 9.34. The van der Waals surface area contributed by atoms with Gasteiger partial charge in [-0.15, -0.1) is 0 Å². The molecule has 0 spiro atoms. The van der Waals surface area contributed by atoms with Crippen molar-refractivity contribution in [3.8, 4) is 5.75 Å². The molecule has 0 aliphatic carbocycles. The maximum absolute atomic E-state index is 5.62. The predicted octanol–water partition coefficient (Wildman–Crippen LogP) is 2.18. The minimum absolute atomic E-state index is 0.450. The average molecular weight is 296 g/mol. The fourth-order valence-corrected chi connectivity index (χ4v) is 1.79. The van der Waals surface area contributed by atoms with Gasteiger partial charge in [-0.1, -0.05) is 15.9 Å². The number of rotatable bonds is 5. The lowest BCUT2D eigenvalue weighted by molar-refractivity contribution is 0.296. The zero-order chi connectivity index (χ0) is 12.1. The highest BCUT2D eigenvalue weighted by molar-refractivity contribution is 9.10. The van der Waals surface area contributed by atoms with Gasteiger partial charge in [0.05, 0.1) is 13.1 Å². The molecule has 2 aromatic rings. The van der Waals surface area contributed by atoms with Gasteiger partial charge in [-0.2, -0.15) is 0 Å². The average Bonchev–Trinajstić information content (AvgIpc) is 2.79. The molecule has 2 N–H and O–H groups in total. The number of imidazole rings is 1. The van der Waals surface area contributed by atoms with Crippen molar-refractivity contribution in [1.82, 2.24) is 9.55 Å². The Morgan fingerprint density at radius 1 is 1.29 bits per heavy atom. The highest BCUT2D eigenvalue weighted by Crippen LogP contribution is 2.16. The summed E-state index contributed by atoms with van der Waals surface area (Å²) in [5.74, 6) is 1.74. The lowest BCUT2D eigenvalue weighted by atomic mass is 10.3. The number of nitrogens with zero attached hydrogens (tertiary/aromatic N) is 2. The summed E-state index contributed by atoms with van der Waals surface area (Å²) in [7, 11) is 0. The number of halogens is 1. The van der Waals surface area contributed by atoms with E-state index in [1.807, 2.05) is 35.0 Å². The van der Waals surface area contributed by atoms with Crippen molar-refractivity contribution in [2.24, 2.45) is 5.73 Å². The molecule has 0 saturated heterocycles. The first-order valence-electron chi connectivity index (χ1n) is 5.38. The van der Waals surface area contributed by atoms with Crippen LogP contribution < -0.4 is 10.5 Å². The molecule has 0 atom stereocenters. The number of nitrogens with two attached hydrogens (primary N) is 1. The molecule has 0 aliphatic heterocycles. The van der Waals surface area contributed by atoms with Gasteiger partial charge in [0.2, 0.25) is 0 Å². The quantitative estimate of drug-likeness (QED) is 0.920. The van der Waals surface area contributed by atoms with E-state index in [1.165, 1.54) is 0 Å². The van der Waals surface area contributed by atoms with Gasteiger partial charge in [0.15, 0.2) is 0 Å². The first-order valence-corrected chi connectivity index (χ1v) is 6.17. The third-order valence-corrected chi connectivity index (χ3v) is 2.93. The van der Waals surface area contributed by atoms with E-state index in [9.17, 15) is 0 Å². The number of aromatic nitrogens is 2. The summed E-state index contributed by atoms with van der Waals surface area (Å²) < 4.78 is 8.67. The van der Waals surface area contributed by atoms with Crippen LogP contribution in [0.4, 0.5) is 0 Å². The van der Waals surface area contributed by atoms with Crippen LogP contribution in [-0.4, -0.2) is 16.2 Å². The Morgan fingerprint density at radius 3 is 2.76 bits per heavy atom. The van der Waals surface area contributed by atoms with E-state index < -0.39 is 0 Å². The molecule has 17 heavy (non-hydrogen) atoms. The Bertz CT molecular complexity index is 467. The van der Waals surface area contributed by atoms with Crippen molar-refractivity contribution in [3.63, 3.8) is 0 Å². The maximum Gasteiger partial charge on any atom is 0.122 e. The normalized spacial score (nSPS) is 10.5. The van der Waals surface area contributed by atoms with Gasteiger partial charge >= 0.3 is 0 Å². The number of ether oxygens (including phenoxy) is 1. The van der Waals surface area contributed by atoms with Crippen LogP contribution in [0.1, 0.15) is 5.82 Å². The Hall–Kier alpha value is -1.33. The molecule has 0 amide bonds. The summed E-state index contributed by atoms with van der Waals surface area (Å²) in [5, 5.41) is 0. The molecule has 1 heterocycles. The Labute approximate surface area is 109 Å². The summed E-state index contributed by atoms with van der Waals surface area (Å²) in [6.45, 7) is 1.80. The summed E-state index contributed by atoms with van der Waals surface area (Å²) >= 11 is 3.38. The van der Waals surface area contributed by atoms with Crippen molar-refractivity contribution in [3.05, 3.63) is 47.0 Å². The van der Waals surface area contributed by atoms with Crippen molar-refractivity contribution < 1.29 is 4.74 Å². The first-order chi connectivity index (χ1) is 8.29. The van der Waals surface area contributed by atoms with Gasteiger partial charge in [-0.3, -0.25) is 0 Å². The van der Waals surface area contributed by atoms with E-state index in [0.717, 1.165) is 22.6 Å². The molecule has 1 aromatic carbocycles. The smallest absolute Gasteiger partial charge is 0.122 e. The van der Waals surface area contributed by atoms with Gasteiger partial charge in [0.1, 0.15) is 18.2 Å². The molecule has 0 radical (unpaired) electrons. The highest BCUT2D eigenvalue weighted by Gasteiger charge is 2.00. The van der Waals surface area contributed by atoms with Crippen molar-refractivity contribution in [2.45, 2.75) is 13.1 Å². The topological polar surface area (TPSA) is 53.1 Å². The summed E-state index contributed by atoms with van der Waals surface area (Å²) in [6.07, 6.45) is 3.66. The molecule has 0 unspecified atom stereocenters. The molecule has 0 aliphatic rings. The molecule has 0 saturated carbocycles. The van der Waals surface area contributed by atoms with Crippen molar-refractivity contribution in [2.75, 3.05) is 6.61 Å². The summed E-state index contributed by atoms with van der Waals surface area (Å²) in [5.41, 5.74) is 5.57. The number of benzene rings is 1. The van der Waals surface area contributed by atoms with E-state index in [4.69, 9.17) is 10.5 Å². The van der Waals surface area contributed by atoms with Gasteiger partial charge in [0.25, 0.3) is 0 Å². The molecule has 2 rings (SSSR count). The molecular formula is C12H14BrN3O. The van der Waals surface area contributed by atoms with Gasteiger partial charge in [0, 0.05) is 16.9 Å². The molecule has 90 valence electrons. The molecule has 0 bridgehead atoms. The summed E-state index contributed by atoms with van der Waals surface area (Å²) in [4.78, 5) is 4.15. The third-order valence-electron chi connectivity index (χ3n) is 2.40. The maximum atomic E-state index is 5.62. The van der Waals surface area contributed by atoms with E-state index in [0.29, 0.717) is 13.2 Å². The van der Waals surface area contributed by atoms with Crippen molar-refractivity contribution >= 4 is 15.9 Å². The fourth-order valence-electron chi connectivity index (χ4n) is 1.53. The lowest BCUT2D eigenvalue weighted by Gasteiger charge is -2.08. The lowest BCUT2D eigenvalue weighted by Crippen LogP contribution is -2.12. The van der Waals surface area contributed by atoms with E-state index in [1.54, 1.807) is 6.20 Å². The summed E-state index contributed by atoms with van der Waals surface area (Å²) in [6, 6.07) is 7.78. The highest BCUT2D eigenvalue weighted by atomic mass is 79.9. The number of hydrogen-bond acceptors (Lipinski definition) is 3. The first kappa shape index (κ1) is 12.1. The molecule has 4 nitrogen and oxygen atoms in total. The van der Waals surface area contributed by atoms with Crippen LogP contribution in [-0.2, 0) is 13.1 Å². The monoisotopic (exact) mass is 295 g/mol. The fraction of sp³-hybridized carbons (Fsp3) is 0.250. The van der Waals surface area contributed by atoms with Crippen LogP contribution in [0, 0.1) is 0 Å². The number of hydrogen-bond donors (Lipinski definition) is 1. The standard InChI is InChI=1S/C12H14BrN3O/c13-10-1-3-11(4-2-10)17-8-7-16-6-5-15-12(16)9-14/h1-6H,7-9,14H2. The van der Waals surface area contributed by atoms with E-state index in [-0.39, 0.29) is 0 Å².